The molecule has 0 saturated heterocycles. The Morgan fingerprint density at radius 3 is 1.59 bits per heavy atom. The molecule has 0 aliphatic heterocycles. The third-order valence-electron chi connectivity index (χ3n) is 10.6. The molecule has 0 N–H and O–H groups in total. The van der Waals surface area contributed by atoms with E-state index in [2.05, 4.69) is 204 Å². The Balaban J connectivity index is 1.12. The molecule has 2 nitrogen and oxygen atoms in total. The first-order chi connectivity index (χ1) is 26.8. The van der Waals surface area contributed by atoms with Crippen LogP contribution in [-0.2, 0) is 0 Å². The van der Waals surface area contributed by atoms with Crippen molar-refractivity contribution in [3.63, 3.8) is 0 Å². The van der Waals surface area contributed by atoms with Gasteiger partial charge in [0.25, 0.3) is 0 Å². The molecule has 0 unspecified atom stereocenters. The minimum atomic E-state index is 1.13. The molecule has 9 aromatic carbocycles. The fourth-order valence-corrected chi connectivity index (χ4v) is 10.5. The quantitative estimate of drug-likeness (QED) is 0.168. The lowest BCUT2D eigenvalue weighted by molar-refractivity contribution is 1.29. The highest BCUT2D eigenvalue weighted by atomic mass is 32.1. The van der Waals surface area contributed by atoms with Gasteiger partial charge in [-0.05, 0) is 89.6 Å². The minimum Gasteiger partial charge on any atom is -0.310 e. The molecule has 0 amide bonds. The summed E-state index contributed by atoms with van der Waals surface area (Å²) in [7, 11) is 0. The predicted octanol–water partition coefficient (Wildman–Crippen LogP) is 15.7. The van der Waals surface area contributed by atoms with E-state index in [0.717, 1.165) is 28.4 Å². The molecular formula is C50H32N2S2. The van der Waals surface area contributed by atoms with Crippen molar-refractivity contribution < 1.29 is 0 Å². The van der Waals surface area contributed by atoms with E-state index in [4.69, 9.17) is 0 Å². The van der Waals surface area contributed by atoms with E-state index in [1.165, 1.54) is 67.6 Å². The summed E-state index contributed by atoms with van der Waals surface area (Å²) >= 11 is 3.77. The zero-order valence-corrected chi connectivity index (χ0v) is 30.8. The van der Waals surface area contributed by atoms with E-state index in [1.807, 2.05) is 22.7 Å². The Labute approximate surface area is 321 Å². The van der Waals surface area contributed by atoms with Gasteiger partial charge >= 0.3 is 0 Å². The first-order valence-electron chi connectivity index (χ1n) is 18.3. The van der Waals surface area contributed by atoms with Gasteiger partial charge in [0.15, 0.2) is 0 Å². The maximum atomic E-state index is 2.46. The topological polar surface area (TPSA) is 6.48 Å². The van der Waals surface area contributed by atoms with Crippen LogP contribution in [0.4, 0.5) is 34.1 Å². The number of hydrogen-bond acceptors (Lipinski definition) is 4. The van der Waals surface area contributed by atoms with Crippen molar-refractivity contribution in [2.24, 2.45) is 0 Å². The molecule has 2 aromatic heterocycles. The van der Waals surface area contributed by atoms with Crippen molar-refractivity contribution in [1.82, 2.24) is 0 Å². The third-order valence-corrected chi connectivity index (χ3v) is 12.9. The van der Waals surface area contributed by atoms with Crippen molar-refractivity contribution in [3.8, 4) is 0 Å². The van der Waals surface area contributed by atoms with Crippen LogP contribution in [0.2, 0.25) is 0 Å². The summed E-state index contributed by atoms with van der Waals surface area (Å²) in [4.78, 5) is 4.80. The summed E-state index contributed by atoms with van der Waals surface area (Å²) in [6.45, 7) is 0. The highest BCUT2D eigenvalue weighted by molar-refractivity contribution is 7.27. The fraction of sp³-hybridized carbons (Fsp3) is 0. The second kappa shape index (κ2) is 12.6. The highest BCUT2D eigenvalue weighted by Gasteiger charge is 2.21. The van der Waals surface area contributed by atoms with Gasteiger partial charge < -0.3 is 9.80 Å². The van der Waals surface area contributed by atoms with Gasteiger partial charge in [0.05, 0.1) is 5.69 Å². The maximum absolute atomic E-state index is 2.46. The average Bonchev–Trinajstić information content (AvgIpc) is 3.80. The number of anilines is 6. The van der Waals surface area contributed by atoms with Crippen LogP contribution in [0, 0.1) is 0 Å². The van der Waals surface area contributed by atoms with Crippen LogP contribution in [0.5, 0.6) is 0 Å². The summed E-state index contributed by atoms with van der Waals surface area (Å²) in [6.07, 6.45) is 0. The van der Waals surface area contributed by atoms with E-state index in [0.29, 0.717) is 0 Å². The molecule has 0 fully saturated rings. The van der Waals surface area contributed by atoms with E-state index in [1.54, 1.807) is 0 Å². The molecule has 254 valence electrons. The normalized spacial score (nSPS) is 11.7. The van der Waals surface area contributed by atoms with Gasteiger partial charge in [0.2, 0.25) is 0 Å². The maximum Gasteiger partial charge on any atom is 0.0547 e. The number of fused-ring (bicyclic) bond motifs is 10. The van der Waals surface area contributed by atoms with Crippen molar-refractivity contribution in [2.45, 2.75) is 0 Å². The summed E-state index contributed by atoms with van der Waals surface area (Å²) < 4.78 is 5.21. The van der Waals surface area contributed by atoms with Gasteiger partial charge in [0.1, 0.15) is 0 Å². The Hall–Kier alpha value is -6.46. The second-order valence-corrected chi connectivity index (χ2v) is 15.9. The SMILES string of the molecule is c1ccc(N(c2ccccc2)c2ccc3sc4cc(N(c5ccccc5)c5cc6c(sc7ccc8ccccc8c76)c6ccccc56)ccc4c3c2)cc1. The third kappa shape index (κ3) is 4.99. The van der Waals surface area contributed by atoms with E-state index >= 15 is 0 Å². The number of hydrogen-bond donors (Lipinski definition) is 0. The van der Waals surface area contributed by atoms with Crippen LogP contribution >= 0.6 is 22.7 Å². The standard InChI is InChI=1S/C50H32N2S2/c1-4-15-34(16-5-1)51(35-17-6-2-7-18-35)37-26-29-46-43(30-37)41-27-25-38(31-48(41)53-46)52(36-19-8-3-9-20-36)45-32-44-49-39-21-11-10-14-33(39)24-28-47(49)54-50(44)42-23-13-12-22-40(42)45/h1-32H. The molecule has 0 aliphatic rings. The smallest absolute Gasteiger partial charge is 0.0547 e. The molecular weight excluding hydrogens is 693 g/mol. The zero-order valence-electron chi connectivity index (χ0n) is 29.2. The summed E-state index contributed by atoms with van der Waals surface area (Å²) in [5.41, 5.74) is 6.88. The van der Waals surface area contributed by atoms with Crippen molar-refractivity contribution >= 4 is 119 Å². The monoisotopic (exact) mass is 724 g/mol. The van der Waals surface area contributed by atoms with Crippen LogP contribution < -0.4 is 9.80 Å². The number of nitrogens with zero attached hydrogens (tertiary/aromatic N) is 2. The van der Waals surface area contributed by atoms with Crippen molar-refractivity contribution in [2.75, 3.05) is 9.80 Å². The molecule has 0 radical (unpaired) electrons. The zero-order chi connectivity index (χ0) is 35.6. The molecule has 54 heavy (non-hydrogen) atoms. The Bertz CT molecular complexity index is 3130. The van der Waals surface area contributed by atoms with Crippen LogP contribution in [0.25, 0.3) is 61.9 Å². The first kappa shape index (κ1) is 31.1. The Morgan fingerprint density at radius 2 is 0.870 bits per heavy atom. The van der Waals surface area contributed by atoms with Gasteiger partial charge in [-0.2, -0.15) is 0 Å². The summed E-state index contributed by atoms with van der Waals surface area (Å²) in [6, 6.07) is 70.7. The van der Waals surface area contributed by atoms with Gasteiger partial charge in [-0.15, -0.1) is 22.7 Å². The average molecular weight is 725 g/mol. The number of thiophene rings is 2. The fourth-order valence-electron chi connectivity index (χ4n) is 8.17. The van der Waals surface area contributed by atoms with Gasteiger partial charge in [-0.25, -0.2) is 0 Å². The minimum absolute atomic E-state index is 1.13. The first-order valence-corrected chi connectivity index (χ1v) is 19.9. The lowest BCUT2D eigenvalue weighted by Crippen LogP contribution is -2.10. The summed E-state index contributed by atoms with van der Waals surface area (Å²) in [5.74, 6) is 0. The summed E-state index contributed by atoms with van der Waals surface area (Å²) in [5, 5.41) is 10.3. The molecule has 2 heterocycles. The second-order valence-electron chi connectivity index (χ2n) is 13.7. The molecule has 0 saturated carbocycles. The van der Waals surface area contributed by atoms with Gasteiger partial charge in [-0.3, -0.25) is 0 Å². The number of rotatable bonds is 6. The molecule has 0 bridgehead atoms. The molecule has 0 aliphatic carbocycles. The lowest BCUT2D eigenvalue weighted by Gasteiger charge is -2.27. The highest BCUT2D eigenvalue weighted by Crippen LogP contribution is 2.49. The van der Waals surface area contributed by atoms with Crippen LogP contribution in [0.15, 0.2) is 194 Å². The predicted molar refractivity (Wildman–Crippen MR) is 237 cm³/mol. The van der Waals surface area contributed by atoms with Crippen molar-refractivity contribution in [1.29, 1.82) is 0 Å². The van der Waals surface area contributed by atoms with E-state index in [-0.39, 0.29) is 0 Å². The van der Waals surface area contributed by atoms with E-state index in [9.17, 15) is 0 Å². The number of para-hydroxylation sites is 3. The largest absolute Gasteiger partial charge is 0.310 e. The van der Waals surface area contributed by atoms with E-state index < -0.39 is 0 Å². The van der Waals surface area contributed by atoms with Gasteiger partial charge in [0, 0.05) is 79.6 Å². The number of benzene rings is 9. The van der Waals surface area contributed by atoms with Gasteiger partial charge in [-0.1, -0.05) is 115 Å². The lowest BCUT2D eigenvalue weighted by atomic mass is 9.99. The Kier molecular flexibility index (Phi) is 7.25. The Morgan fingerprint density at radius 1 is 0.296 bits per heavy atom. The van der Waals surface area contributed by atoms with Crippen LogP contribution in [0.3, 0.4) is 0 Å². The molecule has 11 aromatic rings. The van der Waals surface area contributed by atoms with Crippen LogP contribution in [0.1, 0.15) is 0 Å². The van der Waals surface area contributed by atoms with Crippen molar-refractivity contribution in [3.05, 3.63) is 194 Å². The molecule has 0 atom stereocenters. The molecule has 4 heteroatoms. The molecule has 11 rings (SSSR count). The molecule has 0 spiro atoms. The van der Waals surface area contributed by atoms with Crippen LogP contribution in [-0.4, -0.2) is 0 Å².